The lowest BCUT2D eigenvalue weighted by Gasteiger charge is -2.36. The third-order valence-corrected chi connectivity index (χ3v) is 4.62. The molecule has 0 saturated carbocycles. The minimum absolute atomic E-state index is 0.0604. The highest BCUT2D eigenvalue weighted by atomic mass is 35.5. The summed E-state index contributed by atoms with van der Waals surface area (Å²) in [4.78, 5) is 2.57. The fourth-order valence-electron chi connectivity index (χ4n) is 3.10. The quantitative estimate of drug-likeness (QED) is 0.684. The first kappa shape index (κ1) is 16.6. The molecule has 118 valence electrons. The molecule has 0 aliphatic carbocycles. The zero-order valence-electron chi connectivity index (χ0n) is 13.5. The second-order valence-corrected chi connectivity index (χ2v) is 6.78. The van der Waals surface area contributed by atoms with Crippen LogP contribution in [0.4, 0.5) is 0 Å². The molecular formula is C18H28ClNO. The number of hydrogen-bond donors (Lipinski definition) is 0. The van der Waals surface area contributed by atoms with E-state index < -0.39 is 0 Å². The average Bonchev–Trinajstić information content (AvgIpc) is 2.48. The van der Waals surface area contributed by atoms with E-state index in [1.54, 1.807) is 0 Å². The van der Waals surface area contributed by atoms with Gasteiger partial charge < -0.3 is 4.74 Å². The molecule has 3 heteroatoms. The Labute approximate surface area is 134 Å². The third kappa shape index (κ3) is 4.89. The number of halogens is 1. The van der Waals surface area contributed by atoms with Gasteiger partial charge in [-0.05, 0) is 57.4 Å². The summed E-state index contributed by atoms with van der Waals surface area (Å²) in [5.74, 6) is 0.919. The summed E-state index contributed by atoms with van der Waals surface area (Å²) in [6.07, 6.45) is 5.43. The summed E-state index contributed by atoms with van der Waals surface area (Å²) >= 11 is 6.64. The van der Waals surface area contributed by atoms with Crippen LogP contribution in [0.25, 0.3) is 0 Å². The molecule has 2 nitrogen and oxygen atoms in total. The molecule has 0 aromatic heterocycles. The zero-order chi connectivity index (χ0) is 15.2. The minimum Gasteiger partial charge on any atom is -0.491 e. The van der Waals surface area contributed by atoms with E-state index >= 15 is 0 Å². The van der Waals surface area contributed by atoms with Crippen LogP contribution in [-0.4, -0.2) is 30.1 Å². The van der Waals surface area contributed by atoms with E-state index in [0.717, 1.165) is 12.3 Å². The summed E-state index contributed by atoms with van der Waals surface area (Å²) in [6.45, 7) is 8.50. The van der Waals surface area contributed by atoms with Crippen molar-refractivity contribution in [2.75, 3.05) is 13.1 Å². The van der Waals surface area contributed by atoms with Gasteiger partial charge in [0.1, 0.15) is 5.75 Å². The highest BCUT2D eigenvalue weighted by molar-refractivity contribution is 6.21. The van der Waals surface area contributed by atoms with Crippen molar-refractivity contribution in [2.24, 2.45) is 0 Å². The Morgan fingerprint density at radius 3 is 2.57 bits per heavy atom. The fraction of sp³-hybridized carbons (Fsp3) is 0.667. The SMILES string of the molecule is CCC1CCCCN1CC(Cl)c1ccc(OC(C)C)cc1. The first-order valence-electron chi connectivity index (χ1n) is 8.25. The highest BCUT2D eigenvalue weighted by Gasteiger charge is 2.23. The second kappa shape index (κ2) is 8.05. The van der Waals surface area contributed by atoms with E-state index in [-0.39, 0.29) is 11.5 Å². The van der Waals surface area contributed by atoms with Crippen molar-refractivity contribution in [3.8, 4) is 5.75 Å². The largest absolute Gasteiger partial charge is 0.491 e. The molecule has 0 bridgehead atoms. The lowest BCUT2D eigenvalue weighted by Crippen LogP contribution is -2.40. The zero-order valence-corrected chi connectivity index (χ0v) is 14.3. The molecule has 0 radical (unpaired) electrons. The van der Waals surface area contributed by atoms with Gasteiger partial charge in [-0.15, -0.1) is 11.6 Å². The lowest BCUT2D eigenvalue weighted by atomic mass is 9.99. The topological polar surface area (TPSA) is 12.5 Å². The van der Waals surface area contributed by atoms with Gasteiger partial charge in [0, 0.05) is 12.6 Å². The minimum atomic E-state index is 0.0604. The normalized spacial score (nSPS) is 21.5. The molecular weight excluding hydrogens is 282 g/mol. The molecule has 0 amide bonds. The predicted molar refractivity (Wildman–Crippen MR) is 90.3 cm³/mol. The van der Waals surface area contributed by atoms with E-state index in [1.807, 2.05) is 26.0 Å². The van der Waals surface area contributed by atoms with Crippen molar-refractivity contribution in [3.05, 3.63) is 29.8 Å². The first-order chi connectivity index (χ1) is 10.1. The summed E-state index contributed by atoms with van der Waals surface area (Å²) in [7, 11) is 0. The van der Waals surface area contributed by atoms with Crippen LogP contribution in [0.15, 0.2) is 24.3 Å². The number of alkyl halides is 1. The van der Waals surface area contributed by atoms with Gasteiger partial charge in [0.05, 0.1) is 11.5 Å². The molecule has 1 fully saturated rings. The number of hydrogen-bond acceptors (Lipinski definition) is 2. The summed E-state index contributed by atoms with van der Waals surface area (Å²) < 4.78 is 5.68. The number of ether oxygens (including phenoxy) is 1. The number of nitrogens with zero attached hydrogens (tertiary/aromatic N) is 1. The number of benzene rings is 1. The van der Waals surface area contributed by atoms with Gasteiger partial charge in [-0.3, -0.25) is 4.90 Å². The Morgan fingerprint density at radius 1 is 1.24 bits per heavy atom. The van der Waals surface area contributed by atoms with Crippen molar-refractivity contribution >= 4 is 11.6 Å². The molecule has 1 aromatic carbocycles. The van der Waals surface area contributed by atoms with Gasteiger partial charge in [0.2, 0.25) is 0 Å². The predicted octanol–water partition coefficient (Wildman–Crippen LogP) is 5.02. The molecule has 0 N–H and O–H groups in total. The van der Waals surface area contributed by atoms with Crippen LogP contribution in [0.5, 0.6) is 5.75 Å². The maximum absolute atomic E-state index is 6.64. The lowest BCUT2D eigenvalue weighted by molar-refractivity contribution is 0.144. The summed E-state index contributed by atoms with van der Waals surface area (Å²) in [5.41, 5.74) is 1.19. The van der Waals surface area contributed by atoms with Gasteiger partial charge in [-0.2, -0.15) is 0 Å². The van der Waals surface area contributed by atoms with Gasteiger partial charge in [0.25, 0.3) is 0 Å². The van der Waals surface area contributed by atoms with Crippen molar-refractivity contribution in [2.45, 2.75) is 64.0 Å². The van der Waals surface area contributed by atoms with Gasteiger partial charge in [0.15, 0.2) is 0 Å². The fourth-order valence-corrected chi connectivity index (χ4v) is 3.42. The Hall–Kier alpha value is -0.730. The Bertz CT molecular complexity index is 418. The van der Waals surface area contributed by atoms with Crippen LogP contribution in [0.1, 0.15) is 57.4 Å². The van der Waals surface area contributed by atoms with E-state index in [0.29, 0.717) is 6.04 Å². The van der Waals surface area contributed by atoms with E-state index in [2.05, 4.69) is 24.0 Å². The van der Waals surface area contributed by atoms with Gasteiger partial charge in [-0.25, -0.2) is 0 Å². The van der Waals surface area contributed by atoms with Crippen LogP contribution in [-0.2, 0) is 0 Å². The van der Waals surface area contributed by atoms with Crippen LogP contribution in [0.2, 0.25) is 0 Å². The number of piperidine rings is 1. The second-order valence-electron chi connectivity index (χ2n) is 6.26. The van der Waals surface area contributed by atoms with Crippen LogP contribution in [0.3, 0.4) is 0 Å². The molecule has 1 heterocycles. The maximum Gasteiger partial charge on any atom is 0.119 e. The van der Waals surface area contributed by atoms with Gasteiger partial charge in [-0.1, -0.05) is 25.5 Å². The average molecular weight is 310 g/mol. The monoisotopic (exact) mass is 309 g/mol. The molecule has 1 aliphatic heterocycles. The van der Waals surface area contributed by atoms with E-state index in [4.69, 9.17) is 16.3 Å². The first-order valence-corrected chi connectivity index (χ1v) is 8.68. The Morgan fingerprint density at radius 2 is 1.95 bits per heavy atom. The standard InChI is InChI=1S/C18H28ClNO/c1-4-16-7-5-6-12-20(16)13-18(19)15-8-10-17(11-9-15)21-14(2)3/h8-11,14,16,18H,4-7,12-13H2,1-3H3. The summed E-state index contributed by atoms with van der Waals surface area (Å²) in [6, 6.07) is 8.96. The van der Waals surface area contributed by atoms with E-state index in [9.17, 15) is 0 Å². The van der Waals surface area contributed by atoms with Gasteiger partial charge >= 0.3 is 0 Å². The molecule has 2 atom stereocenters. The van der Waals surface area contributed by atoms with Crippen molar-refractivity contribution < 1.29 is 4.74 Å². The maximum atomic E-state index is 6.64. The van der Waals surface area contributed by atoms with Crippen LogP contribution < -0.4 is 4.74 Å². The molecule has 1 saturated heterocycles. The van der Waals surface area contributed by atoms with Crippen LogP contribution in [0, 0.1) is 0 Å². The highest BCUT2D eigenvalue weighted by Crippen LogP contribution is 2.28. The third-order valence-electron chi connectivity index (χ3n) is 4.23. The molecule has 2 rings (SSSR count). The number of rotatable bonds is 6. The summed E-state index contributed by atoms with van der Waals surface area (Å²) in [5, 5.41) is 0.0604. The molecule has 1 aliphatic rings. The molecule has 0 spiro atoms. The molecule has 2 unspecified atom stereocenters. The van der Waals surface area contributed by atoms with E-state index in [1.165, 1.54) is 37.8 Å². The Balaban J connectivity index is 1.94. The van der Waals surface area contributed by atoms with Crippen molar-refractivity contribution in [1.29, 1.82) is 0 Å². The smallest absolute Gasteiger partial charge is 0.119 e. The Kier molecular flexibility index (Phi) is 6.38. The molecule has 21 heavy (non-hydrogen) atoms. The van der Waals surface area contributed by atoms with Crippen LogP contribution >= 0.6 is 11.6 Å². The molecule has 1 aromatic rings. The van der Waals surface area contributed by atoms with Crippen molar-refractivity contribution in [3.63, 3.8) is 0 Å². The van der Waals surface area contributed by atoms with Crippen molar-refractivity contribution in [1.82, 2.24) is 4.90 Å². The number of likely N-dealkylation sites (tertiary alicyclic amines) is 1.